The molecule has 4 aromatic heterocycles. The van der Waals surface area contributed by atoms with Gasteiger partial charge in [0.15, 0.2) is 0 Å². The summed E-state index contributed by atoms with van der Waals surface area (Å²) < 4.78 is 0. The van der Waals surface area contributed by atoms with Crippen molar-refractivity contribution in [2.45, 2.75) is 0 Å². The summed E-state index contributed by atoms with van der Waals surface area (Å²) in [5, 5.41) is 4.97. The van der Waals surface area contributed by atoms with Crippen LogP contribution in [-0.2, 0) is 0 Å². The molecule has 0 spiro atoms. The first-order valence-corrected chi connectivity index (χ1v) is 9.27. The molecular formula is C16H10Cl2N4S2. The Morgan fingerprint density at radius 1 is 0.667 bits per heavy atom. The van der Waals surface area contributed by atoms with Gasteiger partial charge in [0.25, 0.3) is 0 Å². The number of halogens is 2. The van der Waals surface area contributed by atoms with E-state index in [4.69, 9.17) is 23.2 Å². The molecule has 0 aromatic carbocycles. The maximum Gasteiger partial charge on any atom is 0.133 e. The van der Waals surface area contributed by atoms with Crippen LogP contribution in [0.15, 0.2) is 59.8 Å². The van der Waals surface area contributed by atoms with E-state index in [1.165, 1.54) is 12.7 Å². The molecule has 24 heavy (non-hydrogen) atoms. The van der Waals surface area contributed by atoms with Crippen LogP contribution in [0.5, 0.6) is 0 Å². The molecule has 120 valence electrons. The molecule has 0 saturated carbocycles. The van der Waals surface area contributed by atoms with E-state index in [-0.39, 0.29) is 0 Å². The second kappa shape index (κ2) is 8.30. The average molecular weight is 393 g/mol. The van der Waals surface area contributed by atoms with Crippen LogP contribution in [-0.4, -0.2) is 19.9 Å². The molecule has 0 unspecified atom stereocenters. The first-order chi connectivity index (χ1) is 11.7. The minimum atomic E-state index is 0.480. The van der Waals surface area contributed by atoms with E-state index < -0.39 is 0 Å². The third-order valence-electron chi connectivity index (χ3n) is 2.81. The highest BCUT2D eigenvalue weighted by atomic mass is 35.5. The highest BCUT2D eigenvalue weighted by Gasteiger charge is 2.00. The Bertz CT molecular complexity index is 820. The van der Waals surface area contributed by atoms with Crippen molar-refractivity contribution in [3.63, 3.8) is 0 Å². The molecule has 4 rings (SSSR count). The fourth-order valence-electron chi connectivity index (χ4n) is 1.79. The summed E-state index contributed by atoms with van der Waals surface area (Å²) in [6.07, 6.45) is 2.94. The molecule has 8 heteroatoms. The zero-order valence-corrected chi connectivity index (χ0v) is 15.3. The third-order valence-corrected chi connectivity index (χ3v) is 5.01. The summed E-state index contributed by atoms with van der Waals surface area (Å²) >= 11 is 14.7. The van der Waals surface area contributed by atoms with Crippen LogP contribution in [0.4, 0.5) is 0 Å². The topological polar surface area (TPSA) is 51.6 Å². The van der Waals surface area contributed by atoms with Crippen molar-refractivity contribution in [2.24, 2.45) is 0 Å². The van der Waals surface area contributed by atoms with E-state index in [9.17, 15) is 0 Å². The van der Waals surface area contributed by atoms with Crippen LogP contribution in [0.25, 0.3) is 21.1 Å². The second-order valence-corrected chi connectivity index (χ2v) is 7.08. The summed E-state index contributed by atoms with van der Waals surface area (Å²) in [4.78, 5) is 18.0. The Kier molecular flexibility index (Phi) is 5.87. The van der Waals surface area contributed by atoms with Crippen molar-refractivity contribution in [1.82, 2.24) is 19.9 Å². The molecule has 4 nitrogen and oxygen atoms in total. The van der Waals surface area contributed by atoms with Gasteiger partial charge in [0, 0.05) is 12.1 Å². The van der Waals surface area contributed by atoms with E-state index in [1.54, 1.807) is 34.8 Å². The quantitative estimate of drug-likeness (QED) is 0.409. The summed E-state index contributed by atoms with van der Waals surface area (Å²) in [5.41, 5.74) is 1.76. The highest BCUT2D eigenvalue weighted by Crippen LogP contribution is 2.24. The van der Waals surface area contributed by atoms with Gasteiger partial charge < -0.3 is 0 Å². The van der Waals surface area contributed by atoms with Gasteiger partial charge in [-0.25, -0.2) is 19.9 Å². The molecule has 0 fully saturated rings. The lowest BCUT2D eigenvalue weighted by atomic mass is 10.3. The van der Waals surface area contributed by atoms with Gasteiger partial charge in [0.05, 0.1) is 21.1 Å². The lowest BCUT2D eigenvalue weighted by Crippen LogP contribution is -1.81. The molecule has 0 atom stereocenters. The smallest absolute Gasteiger partial charge is 0.133 e. The van der Waals surface area contributed by atoms with Crippen LogP contribution in [0.1, 0.15) is 0 Å². The Labute approximate surface area is 156 Å². The molecular weight excluding hydrogens is 383 g/mol. The number of rotatable bonds is 2. The minimum absolute atomic E-state index is 0.480. The SMILES string of the molecule is Clc1cc(-c2cccs2)ncn1.Clc1cc(-c2cccs2)ncn1. The molecule has 0 aliphatic rings. The molecule has 0 saturated heterocycles. The zero-order valence-electron chi connectivity index (χ0n) is 12.1. The van der Waals surface area contributed by atoms with E-state index in [1.807, 2.05) is 35.0 Å². The van der Waals surface area contributed by atoms with E-state index in [2.05, 4.69) is 19.9 Å². The van der Waals surface area contributed by atoms with Gasteiger partial charge in [0.2, 0.25) is 0 Å². The fourth-order valence-corrected chi connectivity index (χ4v) is 3.47. The van der Waals surface area contributed by atoms with Gasteiger partial charge >= 0.3 is 0 Å². The average Bonchev–Trinajstić information content (AvgIpc) is 3.29. The first kappa shape index (κ1) is 17.0. The molecule has 0 amide bonds. The molecule has 4 heterocycles. The van der Waals surface area contributed by atoms with Crippen LogP contribution < -0.4 is 0 Å². The summed E-state index contributed by atoms with van der Waals surface area (Å²) in [7, 11) is 0. The number of hydrogen-bond donors (Lipinski definition) is 0. The lowest BCUT2D eigenvalue weighted by molar-refractivity contribution is 1.18. The van der Waals surface area contributed by atoms with Gasteiger partial charge in [-0.1, -0.05) is 35.3 Å². The zero-order chi connectivity index (χ0) is 16.8. The van der Waals surface area contributed by atoms with E-state index >= 15 is 0 Å². The first-order valence-electron chi connectivity index (χ1n) is 6.75. The summed E-state index contributed by atoms with van der Waals surface area (Å²) in [6.45, 7) is 0. The minimum Gasteiger partial charge on any atom is -0.235 e. The van der Waals surface area contributed by atoms with Crippen molar-refractivity contribution < 1.29 is 0 Å². The predicted octanol–water partition coefficient (Wildman–Crippen LogP) is 5.72. The fraction of sp³-hybridized carbons (Fsp3) is 0. The lowest BCUT2D eigenvalue weighted by Gasteiger charge is -1.94. The number of thiophene rings is 2. The van der Waals surface area contributed by atoms with Gasteiger partial charge in [-0.15, -0.1) is 22.7 Å². The number of hydrogen-bond acceptors (Lipinski definition) is 6. The monoisotopic (exact) mass is 392 g/mol. The van der Waals surface area contributed by atoms with Crippen LogP contribution in [0.2, 0.25) is 10.3 Å². The Hall–Kier alpha value is -1.86. The van der Waals surface area contributed by atoms with Gasteiger partial charge in [0.1, 0.15) is 23.0 Å². The molecule has 0 aliphatic carbocycles. The summed E-state index contributed by atoms with van der Waals surface area (Å²) in [6, 6.07) is 11.5. The molecule has 0 radical (unpaired) electrons. The van der Waals surface area contributed by atoms with Crippen LogP contribution >= 0.6 is 45.9 Å². The standard InChI is InChI=1S/2C8H5ClN2S/c2*9-8-4-6(10-5-11-8)7-2-1-3-12-7/h2*1-5H. The number of aromatic nitrogens is 4. The Morgan fingerprint density at radius 3 is 1.46 bits per heavy atom. The van der Waals surface area contributed by atoms with Gasteiger partial charge in [-0.3, -0.25) is 0 Å². The van der Waals surface area contributed by atoms with E-state index in [0.29, 0.717) is 10.3 Å². The molecule has 0 N–H and O–H groups in total. The molecule has 0 bridgehead atoms. The third kappa shape index (κ3) is 4.58. The Balaban J connectivity index is 0.000000141. The molecule has 4 aromatic rings. The van der Waals surface area contributed by atoms with Crippen LogP contribution in [0.3, 0.4) is 0 Å². The normalized spacial score (nSPS) is 10.1. The maximum atomic E-state index is 5.72. The van der Waals surface area contributed by atoms with Gasteiger partial charge in [-0.2, -0.15) is 0 Å². The predicted molar refractivity (Wildman–Crippen MR) is 101 cm³/mol. The van der Waals surface area contributed by atoms with Crippen LogP contribution in [0, 0.1) is 0 Å². The number of nitrogens with zero attached hydrogens (tertiary/aromatic N) is 4. The van der Waals surface area contributed by atoms with E-state index in [0.717, 1.165) is 21.1 Å². The van der Waals surface area contributed by atoms with Crippen molar-refractivity contribution in [3.05, 3.63) is 70.1 Å². The van der Waals surface area contributed by atoms with Crippen molar-refractivity contribution in [2.75, 3.05) is 0 Å². The van der Waals surface area contributed by atoms with Crippen molar-refractivity contribution >= 4 is 45.9 Å². The van der Waals surface area contributed by atoms with Gasteiger partial charge in [-0.05, 0) is 22.9 Å². The highest BCUT2D eigenvalue weighted by molar-refractivity contribution is 7.13. The maximum absolute atomic E-state index is 5.72. The summed E-state index contributed by atoms with van der Waals surface area (Å²) in [5.74, 6) is 0. The van der Waals surface area contributed by atoms with Crippen molar-refractivity contribution in [3.8, 4) is 21.1 Å². The molecule has 0 aliphatic heterocycles. The van der Waals surface area contributed by atoms with Crippen molar-refractivity contribution in [1.29, 1.82) is 0 Å². The largest absolute Gasteiger partial charge is 0.235 e. The second-order valence-electron chi connectivity index (χ2n) is 4.41. The Morgan fingerprint density at radius 2 is 1.12 bits per heavy atom.